The topological polar surface area (TPSA) is 6.48 Å². The van der Waals surface area contributed by atoms with Gasteiger partial charge in [0.1, 0.15) is 0 Å². The molecule has 0 atom stereocenters. The summed E-state index contributed by atoms with van der Waals surface area (Å²) < 4.78 is 0. The fourth-order valence-electron chi connectivity index (χ4n) is 2.95. The van der Waals surface area contributed by atoms with E-state index in [-0.39, 0.29) is 0 Å². The van der Waals surface area contributed by atoms with Crippen molar-refractivity contribution in [1.29, 1.82) is 0 Å². The van der Waals surface area contributed by atoms with Crippen LogP contribution < -0.4 is 4.90 Å². The molecule has 1 aliphatic rings. The predicted molar refractivity (Wildman–Crippen MR) is 89.8 cm³/mol. The van der Waals surface area contributed by atoms with Gasteiger partial charge in [-0.3, -0.25) is 4.90 Å². The van der Waals surface area contributed by atoms with Crippen LogP contribution in [-0.2, 0) is 13.0 Å². The van der Waals surface area contributed by atoms with Crippen LogP contribution in [0.25, 0.3) is 0 Å². The van der Waals surface area contributed by atoms with E-state index in [2.05, 4.69) is 71.3 Å². The largest absolute Gasteiger partial charge is 0.369 e. The molecule has 2 nitrogen and oxygen atoms in total. The molecular formula is C19H24N2. The predicted octanol–water partition coefficient (Wildman–Crippen LogP) is 3.57. The number of aryl methyl sites for hydroxylation is 1. The Morgan fingerprint density at radius 1 is 0.762 bits per heavy atom. The number of hydrogen-bond acceptors (Lipinski definition) is 2. The van der Waals surface area contributed by atoms with Crippen LogP contribution in [0.1, 0.15) is 18.1 Å². The molecular weight excluding hydrogens is 256 g/mol. The molecule has 2 aromatic rings. The normalized spacial score (nSPS) is 16.1. The molecule has 0 N–H and O–H groups in total. The number of nitrogens with zero attached hydrogens (tertiary/aromatic N) is 2. The van der Waals surface area contributed by atoms with Crippen molar-refractivity contribution >= 4 is 5.69 Å². The first-order chi connectivity index (χ1) is 10.3. The summed E-state index contributed by atoms with van der Waals surface area (Å²) in [5, 5.41) is 0. The fourth-order valence-corrected chi connectivity index (χ4v) is 2.95. The molecule has 0 spiro atoms. The average Bonchev–Trinajstić information content (AvgIpc) is 2.57. The van der Waals surface area contributed by atoms with Gasteiger partial charge in [-0.25, -0.2) is 0 Å². The van der Waals surface area contributed by atoms with Gasteiger partial charge in [-0.1, -0.05) is 49.4 Å². The van der Waals surface area contributed by atoms with Gasteiger partial charge in [-0.2, -0.15) is 0 Å². The van der Waals surface area contributed by atoms with Crippen molar-refractivity contribution in [2.24, 2.45) is 0 Å². The minimum absolute atomic E-state index is 1.07. The van der Waals surface area contributed by atoms with Crippen molar-refractivity contribution in [3.63, 3.8) is 0 Å². The van der Waals surface area contributed by atoms with Crippen molar-refractivity contribution in [3.8, 4) is 0 Å². The SMILES string of the molecule is CCc1ccc(N2CCN(Cc3ccccc3)CC2)cc1. The zero-order chi connectivity index (χ0) is 14.5. The number of anilines is 1. The molecule has 21 heavy (non-hydrogen) atoms. The van der Waals surface area contributed by atoms with Gasteiger partial charge in [0, 0.05) is 38.4 Å². The maximum Gasteiger partial charge on any atom is 0.0367 e. The van der Waals surface area contributed by atoms with E-state index in [0.29, 0.717) is 0 Å². The van der Waals surface area contributed by atoms with Gasteiger partial charge < -0.3 is 4.90 Å². The lowest BCUT2D eigenvalue weighted by Gasteiger charge is -2.36. The third-order valence-corrected chi connectivity index (χ3v) is 4.33. The summed E-state index contributed by atoms with van der Waals surface area (Å²) in [4.78, 5) is 5.05. The van der Waals surface area contributed by atoms with Crippen molar-refractivity contribution in [3.05, 3.63) is 65.7 Å². The molecule has 0 amide bonds. The summed E-state index contributed by atoms with van der Waals surface area (Å²) in [6.45, 7) is 7.81. The maximum atomic E-state index is 2.55. The first-order valence-electron chi connectivity index (χ1n) is 7.95. The second-order valence-corrected chi connectivity index (χ2v) is 5.77. The van der Waals surface area contributed by atoms with E-state index in [1.54, 1.807) is 0 Å². The standard InChI is InChI=1S/C19H24N2/c1-2-17-8-10-19(11-9-17)21-14-12-20(13-15-21)16-18-6-4-3-5-7-18/h3-11H,2,12-16H2,1H3. The van der Waals surface area contributed by atoms with Crippen LogP contribution in [0.2, 0.25) is 0 Å². The lowest BCUT2D eigenvalue weighted by Crippen LogP contribution is -2.45. The van der Waals surface area contributed by atoms with E-state index in [4.69, 9.17) is 0 Å². The van der Waals surface area contributed by atoms with E-state index in [0.717, 1.165) is 39.1 Å². The zero-order valence-electron chi connectivity index (χ0n) is 12.8. The highest BCUT2D eigenvalue weighted by Gasteiger charge is 2.17. The molecule has 0 unspecified atom stereocenters. The maximum absolute atomic E-state index is 2.55. The monoisotopic (exact) mass is 280 g/mol. The molecule has 0 bridgehead atoms. The van der Waals surface area contributed by atoms with Gasteiger partial charge in [0.15, 0.2) is 0 Å². The Balaban J connectivity index is 1.54. The Labute approximate surface area is 128 Å². The molecule has 2 heteroatoms. The molecule has 1 aliphatic heterocycles. The molecule has 1 saturated heterocycles. The van der Waals surface area contributed by atoms with Crippen LogP contribution in [0.15, 0.2) is 54.6 Å². The van der Waals surface area contributed by atoms with Crippen molar-refractivity contribution in [2.45, 2.75) is 19.9 Å². The second kappa shape index (κ2) is 6.77. The summed E-state index contributed by atoms with van der Waals surface area (Å²) in [5.74, 6) is 0. The summed E-state index contributed by atoms with van der Waals surface area (Å²) in [6, 6.07) is 19.8. The molecule has 1 fully saturated rings. The number of piperazine rings is 1. The molecule has 0 radical (unpaired) electrons. The van der Waals surface area contributed by atoms with Gasteiger partial charge in [-0.15, -0.1) is 0 Å². The van der Waals surface area contributed by atoms with Gasteiger partial charge in [0.2, 0.25) is 0 Å². The highest BCUT2D eigenvalue weighted by atomic mass is 15.3. The van der Waals surface area contributed by atoms with Gasteiger partial charge in [0.25, 0.3) is 0 Å². The lowest BCUT2D eigenvalue weighted by molar-refractivity contribution is 0.250. The Morgan fingerprint density at radius 2 is 1.43 bits per heavy atom. The minimum Gasteiger partial charge on any atom is -0.369 e. The fraction of sp³-hybridized carbons (Fsp3) is 0.368. The molecule has 110 valence electrons. The summed E-state index contributed by atoms with van der Waals surface area (Å²) >= 11 is 0. The number of rotatable bonds is 4. The van der Waals surface area contributed by atoms with Crippen LogP contribution in [-0.4, -0.2) is 31.1 Å². The summed E-state index contributed by atoms with van der Waals surface area (Å²) in [5.41, 5.74) is 4.20. The Hall–Kier alpha value is -1.80. The first-order valence-corrected chi connectivity index (χ1v) is 7.95. The average molecular weight is 280 g/mol. The van der Waals surface area contributed by atoms with Gasteiger partial charge >= 0.3 is 0 Å². The smallest absolute Gasteiger partial charge is 0.0367 e. The Kier molecular flexibility index (Phi) is 4.56. The second-order valence-electron chi connectivity index (χ2n) is 5.77. The van der Waals surface area contributed by atoms with Gasteiger partial charge in [0.05, 0.1) is 0 Å². The Bertz CT molecular complexity index is 540. The minimum atomic E-state index is 1.07. The molecule has 2 aromatic carbocycles. The molecule has 3 rings (SSSR count). The number of hydrogen-bond donors (Lipinski definition) is 0. The van der Waals surface area contributed by atoms with Crippen molar-refractivity contribution in [2.75, 3.05) is 31.1 Å². The van der Waals surface area contributed by atoms with Crippen LogP contribution in [0.5, 0.6) is 0 Å². The van der Waals surface area contributed by atoms with E-state index in [1.807, 2.05) is 0 Å². The quantitative estimate of drug-likeness (QED) is 0.845. The van der Waals surface area contributed by atoms with E-state index in [9.17, 15) is 0 Å². The highest BCUT2D eigenvalue weighted by Crippen LogP contribution is 2.18. The van der Waals surface area contributed by atoms with Crippen LogP contribution in [0, 0.1) is 0 Å². The number of benzene rings is 2. The van der Waals surface area contributed by atoms with E-state index in [1.165, 1.54) is 16.8 Å². The van der Waals surface area contributed by atoms with E-state index < -0.39 is 0 Å². The lowest BCUT2D eigenvalue weighted by atomic mass is 10.1. The third-order valence-electron chi connectivity index (χ3n) is 4.33. The zero-order valence-corrected chi connectivity index (χ0v) is 12.8. The summed E-state index contributed by atoms with van der Waals surface area (Å²) in [6.07, 6.45) is 1.12. The van der Waals surface area contributed by atoms with Crippen LogP contribution in [0.4, 0.5) is 5.69 Å². The van der Waals surface area contributed by atoms with Crippen LogP contribution >= 0.6 is 0 Å². The molecule has 0 aliphatic carbocycles. The first kappa shape index (κ1) is 14.2. The van der Waals surface area contributed by atoms with Gasteiger partial charge in [-0.05, 0) is 29.7 Å². The molecule has 0 aromatic heterocycles. The highest BCUT2D eigenvalue weighted by molar-refractivity contribution is 5.48. The van der Waals surface area contributed by atoms with Crippen LogP contribution in [0.3, 0.4) is 0 Å². The van der Waals surface area contributed by atoms with Crippen molar-refractivity contribution < 1.29 is 0 Å². The van der Waals surface area contributed by atoms with E-state index >= 15 is 0 Å². The third kappa shape index (κ3) is 3.64. The molecule has 0 saturated carbocycles. The van der Waals surface area contributed by atoms with Crippen molar-refractivity contribution in [1.82, 2.24) is 4.90 Å². The molecule has 1 heterocycles. The summed E-state index contributed by atoms with van der Waals surface area (Å²) in [7, 11) is 0. The Morgan fingerprint density at radius 3 is 2.05 bits per heavy atom.